The van der Waals surface area contributed by atoms with E-state index in [2.05, 4.69) is 25.3 Å². The maximum Gasteiger partial charge on any atom is 0.469 e. The number of phosphoric acid groups is 1. The van der Waals surface area contributed by atoms with E-state index in [4.69, 9.17) is 19.3 Å². The van der Waals surface area contributed by atoms with Crippen molar-refractivity contribution in [1.29, 1.82) is 0 Å². The van der Waals surface area contributed by atoms with Gasteiger partial charge in [-0.2, -0.15) is 0 Å². The van der Waals surface area contributed by atoms with Crippen molar-refractivity contribution in [1.82, 2.24) is 0 Å². The number of carbonyl (C=O) groups is 2. The first kappa shape index (κ1) is 43.9. The van der Waals surface area contributed by atoms with Crippen LogP contribution in [0.15, 0.2) is 48.6 Å². The van der Waals surface area contributed by atoms with Gasteiger partial charge in [-0.15, -0.1) is 0 Å². The highest BCUT2D eigenvalue weighted by molar-refractivity contribution is 7.46. The Labute approximate surface area is 277 Å². The number of allylic oxidation sites excluding steroid dienone is 6. The number of esters is 2. The van der Waals surface area contributed by atoms with Gasteiger partial charge >= 0.3 is 19.8 Å². The van der Waals surface area contributed by atoms with Gasteiger partial charge in [0.05, 0.1) is 18.8 Å². The summed E-state index contributed by atoms with van der Waals surface area (Å²) in [5.41, 5.74) is 0. The Bertz CT molecular complexity index is 938. The Kier molecular flexibility index (Phi) is 27.8. The molecule has 10 nitrogen and oxygen atoms in total. The van der Waals surface area contributed by atoms with Gasteiger partial charge in [-0.1, -0.05) is 127 Å². The smallest absolute Gasteiger partial charge is 0.462 e. The Morgan fingerprint density at radius 3 is 1.83 bits per heavy atom. The van der Waals surface area contributed by atoms with Crippen LogP contribution in [-0.4, -0.2) is 63.5 Å². The van der Waals surface area contributed by atoms with Crippen molar-refractivity contribution in [3.05, 3.63) is 48.6 Å². The Morgan fingerprint density at radius 2 is 1.24 bits per heavy atom. The zero-order valence-corrected chi connectivity index (χ0v) is 29.2. The zero-order chi connectivity index (χ0) is 34.5. The van der Waals surface area contributed by atoms with Crippen molar-refractivity contribution in [2.75, 3.05) is 13.2 Å². The molecule has 11 heteroatoms. The maximum absolute atomic E-state index is 12.3. The van der Waals surface area contributed by atoms with Crippen molar-refractivity contribution in [2.45, 2.75) is 142 Å². The molecule has 0 amide bonds. The number of aliphatic hydroxyl groups is 2. The fraction of sp³-hybridized carbons (Fsp3) is 0.714. The third kappa shape index (κ3) is 31.9. The van der Waals surface area contributed by atoms with Gasteiger partial charge in [0.2, 0.25) is 0 Å². The SMILES string of the molecule is CCCCC[C@H](O)/C=C/C=C\C/C=C\C=C\[C@H](O)CCCC(=O)OC[C@H](COP(=O)(O)O)OC(=O)CCCCCCCCC(C)C. The highest BCUT2D eigenvalue weighted by Crippen LogP contribution is 2.36. The molecule has 0 aliphatic heterocycles. The van der Waals surface area contributed by atoms with E-state index in [1.165, 1.54) is 19.3 Å². The van der Waals surface area contributed by atoms with Crippen molar-refractivity contribution in [3.63, 3.8) is 0 Å². The van der Waals surface area contributed by atoms with Gasteiger partial charge in [-0.25, -0.2) is 4.57 Å². The number of unbranched alkanes of at least 4 members (excludes halogenated alkanes) is 7. The van der Waals surface area contributed by atoms with Crippen LogP contribution < -0.4 is 0 Å². The maximum atomic E-state index is 12.3. The van der Waals surface area contributed by atoms with Crippen LogP contribution in [0.25, 0.3) is 0 Å². The summed E-state index contributed by atoms with van der Waals surface area (Å²) in [6.45, 7) is 5.56. The minimum atomic E-state index is -4.80. The Hall–Kier alpha value is -2.07. The molecule has 3 atom stereocenters. The van der Waals surface area contributed by atoms with E-state index in [0.717, 1.165) is 44.9 Å². The number of hydrogen-bond donors (Lipinski definition) is 4. The topological polar surface area (TPSA) is 160 Å². The average Bonchev–Trinajstić information content (AvgIpc) is 2.98. The Balaban J connectivity index is 4.29. The summed E-state index contributed by atoms with van der Waals surface area (Å²) in [6.07, 6.45) is 25.2. The van der Waals surface area contributed by atoms with Crippen molar-refractivity contribution >= 4 is 19.8 Å². The summed E-state index contributed by atoms with van der Waals surface area (Å²) in [7, 11) is -4.80. The lowest BCUT2D eigenvalue weighted by Crippen LogP contribution is -2.29. The van der Waals surface area contributed by atoms with Crippen LogP contribution in [0.2, 0.25) is 0 Å². The van der Waals surface area contributed by atoms with Gasteiger partial charge in [0.25, 0.3) is 0 Å². The van der Waals surface area contributed by atoms with Gasteiger partial charge in [0, 0.05) is 12.8 Å². The highest BCUT2D eigenvalue weighted by Gasteiger charge is 2.23. The van der Waals surface area contributed by atoms with Crippen LogP contribution in [0.5, 0.6) is 0 Å². The van der Waals surface area contributed by atoms with E-state index in [-0.39, 0.29) is 12.8 Å². The van der Waals surface area contributed by atoms with E-state index < -0.39 is 51.3 Å². The van der Waals surface area contributed by atoms with Crippen molar-refractivity contribution < 1.29 is 48.2 Å². The van der Waals surface area contributed by atoms with Crippen molar-refractivity contribution in [3.8, 4) is 0 Å². The lowest BCUT2D eigenvalue weighted by atomic mass is 10.0. The molecule has 0 saturated carbocycles. The molecule has 0 radical (unpaired) electrons. The number of hydrogen-bond acceptors (Lipinski definition) is 8. The number of phosphoric ester groups is 1. The van der Waals surface area contributed by atoms with E-state index in [1.807, 2.05) is 30.4 Å². The lowest BCUT2D eigenvalue weighted by Gasteiger charge is -2.18. The third-order valence-electron chi connectivity index (χ3n) is 6.99. The Morgan fingerprint density at radius 1 is 0.696 bits per heavy atom. The summed E-state index contributed by atoms with van der Waals surface area (Å²) in [6, 6.07) is 0. The summed E-state index contributed by atoms with van der Waals surface area (Å²) < 4.78 is 26.0. The average molecular weight is 673 g/mol. The number of aliphatic hydroxyl groups excluding tert-OH is 2. The standard InChI is InChI=1S/C35H61O10P/c1-4-5-15-22-31(36)23-17-12-7-6-8-13-18-24-32(37)25-20-27-34(38)43-28-33(29-44-46(40,41)42)45-35(39)26-19-14-10-9-11-16-21-30(2)3/h7-8,12-13,17-18,23-24,30-33,36-37H,4-6,9-11,14-16,19-22,25-29H2,1-3H3,(H2,40,41,42)/b12-7-,13-8-,23-17+,24-18+/t31-,32-,33+/m0/s1. The highest BCUT2D eigenvalue weighted by atomic mass is 31.2. The lowest BCUT2D eigenvalue weighted by molar-refractivity contribution is -0.161. The molecule has 0 aliphatic carbocycles. The molecule has 0 aromatic carbocycles. The number of carbonyl (C=O) groups excluding carboxylic acids is 2. The molecule has 0 bridgehead atoms. The molecule has 4 N–H and O–H groups in total. The van der Waals surface area contributed by atoms with Crippen LogP contribution in [-0.2, 0) is 28.2 Å². The minimum Gasteiger partial charge on any atom is -0.462 e. The molecule has 266 valence electrons. The van der Waals surface area contributed by atoms with Gasteiger partial charge < -0.3 is 29.5 Å². The molecule has 0 saturated heterocycles. The first-order chi connectivity index (χ1) is 21.9. The number of ether oxygens (including phenoxy) is 2. The van der Waals surface area contributed by atoms with E-state index in [9.17, 15) is 24.4 Å². The van der Waals surface area contributed by atoms with Crippen LogP contribution in [0.1, 0.15) is 124 Å². The molecule has 0 spiro atoms. The van der Waals surface area contributed by atoms with E-state index in [1.54, 1.807) is 18.2 Å². The van der Waals surface area contributed by atoms with Crippen molar-refractivity contribution in [2.24, 2.45) is 5.92 Å². The van der Waals surface area contributed by atoms with Crippen LogP contribution >= 0.6 is 7.82 Å². The molecule has 0 fully saturated rings. The van der Waals surface area contributed by atoms with E-state index in [0.29, 0.717) is 31.6 Å². The fourth-order valence-corrected chi connectivity index (χ4v) is 4.72. The first-order valence-electron chi connectivity index (χ1n) is 17.0. The molecule has 0 heterocycles. The predicted octanol–water partition coefficient (Wildman–Crippen LogP) is 7.41. The monoisotopic (exact) mass is 672 g/mol. The van der Waals surface area contributed by atoms with Gasteiger partial charge in [-0.3, -0.25) is 14.1 Å². The fourth-order valence-electron chi connectivity index (χ4n) is 4.36. The second-order valence-corrected chi connectivity index (χ2v) is 13.3. The molecule has 0 rings (SSSR count). The molecule has 0 unspecified atom stereocenters. The normalized spacial score (nSPS) is 14.6. The largest absolute Gasteiger partial charge is 0.469 e. The zero-order valence-electron chi connectivity index (χ0n) is 28.3. The predicted molar refractivity (Wildman–Crippen MR) is 182 cm³/mol. The second kappa shape index (κ2) is 29.1. The third-order valence-corrected chi connectivity index (χ3v) is 7.47. The molecule has 46 heavy (non-hydrogen) atoms. The first-order valence-corrected chi connectivity index (χ1v) is 18.5. The summed E-state index contributed by atoms with van der Waals surface area (Å²) in [5.74, 6) is -0.417. The molecular formula is C35H61O10P. The second-order valence-electron chi connectivity index (χ2n) is 12.0. The van der Waals surface area contributed by atoms with Gasteiger partial charge in [0.15, 0.2) is 6.10 Å². The molecular weight excluding hydrogens is 611 g/mol. The molecule has 0 aliphatic rings. The van der Waals surface area contributed by atoms with Gasteiger partial charge in [0.1, 0.15) is 6.61 Å². The molecule has 0 aromatic heterocycles. The summed E-state index contributed by atoms with van der Waals surface area (Å²) in [4.78, 5) is 42.5. The summed E-state index contributed by atoms with van der Waals surface area (Å²) >= 11 is 0. The summed E-state index contributed by atoms with van der Waals surface area (Å²) in [5, 5.41) is 20.0. The van der Waals surface area contributed by atoms with E-state index >= 15 is 0 Å². The van der Waals surface area contributed by atoms with Crippen LogP contribution in [0.4, 0.5) is 0 Å². The quantitative estimate of drug-likeness (QED) is 0.0273. The molecule has 0 aromatic rings. The number of rotatable bonds is 29. The van der Waals surface area contributed by atoms with Crippen LogP contribution in [0, 0.1) is 5.92 Å². The van der Waals surface area contributed by atoms with Gasteiger partial charge in [-0.05, 0) is 38.0 Å². The van der Waals surface area contributed by atoms with Crippen LogP contribution in [0.3, 0.4) is 0 Å². The minimum absolute atomic E-state index is 0.0174.